The Morgan fingerprint density at radius 1 is 1.26 bits per heavy atom. The van der Waals surface area contributed by atoms with Gasteiger partial charge < -0.3 is 10.0 Å². The van der Waals surface area contributed by atoms with Gasteiger partial charge in [-0.2, -0.15) is 10.2 Å². The maximum absolute atomic E-state index is 12.5. The van der Waals surface area contributed by atoms with Crippen molar-refractivity contribution in [2.24, 2.45) is 5.92 Å². The summed E-state index contributed by atoms with van der Waals surface area (Å²) in [6.07, 6.45) is 7.83. The van der Waals surface area contributed by atoms with Crippen LogP contribution in [0.3, 0.4) is 0 Å². The Morgan fingerprint density at radius 3 is 2.84 bits per heavy atom. The second kappa shape index (κ2) is 5.25. The van der Waals surface area contributed by atoms with Gasteiger partial charge in [-0.15, -0.1) is 0 Å². The highest BCUT2D eigenvalue weighted by Crippen LogP contribution is 2.36. The number of carbonyl (C=O) groups is 1. The van der Waals surface area contributed by atoms with E-state index in [-0.39, 0.29) is 24.0 Å². The van der Waals surface area contributed by atoms with Crippen LogP contribution in [0.4, 0.5) is 0 Å². The number of nitrogens with zero attached hydrogens (tertiary/aromatic N) is 3. The fraction of sp³-hybridized carbons (Fsp3) is 0.643. The third kappa shape index (κ3) is 2.34. The lowest BCUT2D eigenvalue weighted by atomic mass is 9.94. The lowest BCUT2D eigenvalue weighted by molar-refractivity contribution is 0.0527. The standard InChI is InChI=1S/C14H19N3O2/c18-13-5-1-3-11(13)12-4-2-8-17(12)14(19)10-6-7-15-16-9-10/h6-7,9,11-13,18H,1-5,8H2. The van der Waals surface area contributed by atoms with Crippen molar-refractivity contribution in [3.8, 4) is 0 Å². The van der Waals surface area contributed by atoms with E-state index in [2.05, 4.69) is 10.2 Å². The van der Waals surface area contributed by atoms with Crippen LogP contribution in [0.15, 0.2) is 18.5 Å². The van der Waals surface area contributed by atoms with E-state index < -0.39 is 0 Å². The van der Waals surface area contributed by atoms with Gasteiger partial charge in [0.1, 0.15) is 0 Å². The topological polar surface area (TPSA) is 66.3 Å². The summed E-state index contributed by atoms with van der Waals surface area (Å²) in [4.78, 5) is 14.4. The molecule has 1 aliphatic heterocycles. The van der Waals surface area contributed by atoms with Gasteiger partial charge in [0.15, 0.2) is 0 Å². The zero-order valence-corrected chi connectivity index (χ0v) is 10.9. The van der Waals surface area contributed by atoms with E-state index in [4.69, 9.17) is 0 Å². The molecule has 19 heavy (non-hydrogen) atoms. The molecule has 102 valence electrons. The van der Waals surface area contributed by atoms with Crippen molar-refractivity contribution in [2.45, 2.75) is 44.2 Å². The highest BCUT2D eigenvalue weighted by molar-refractivity contribution is 5.94. The predicted molar refractivity (Wildman–Crippen MR) is 69.4 cm³/mol. The van der Waals surface area contributed by atoms with Crippen molar-refractivity contribution in [2.75, 3.05) is 6.54 Å². The summed E-state index contributed by atoms with van der Waals surface area (Å²) in [5.74, 6) is 0.276. The van der Waals surface area contributed by atoms with Crippen LogP contribution in [-0.2, 0) is 0 Å². The van der Waals surface area contributed by atoms with Crippen molar-refractivity contribution < 1.29 is 9.90 Å². The Labute approximate surface area is 112 Å². The zero-order chi connectivity index (χ0) is 13.2. The molecule has 1 aliphatic carbocycles. The molecule has 5 nitrogen and oxygen atoms in total. The summed E-state index contributed by atoms with van der Waals surface area (Å²) in [6.45, 7) is 0.787. The van der Waals surface area contributed by atoms with Crippen LogP contribution in [0.1, 0.15) is 42.5 Å². The molecule has 0 aromatic carbocycles. The highest BCUT2D eigenvalue weighted by Gasteiger charge is 2.40. The highest BCUT2D eigenvalue weighted by atomic mass is 16.3. The van der Waals surface area contributed by atoms with E-state index in [1.165, 1.54) is 6.20 Å². The van der Waals surface area contributed by atoms with E-state index in [1.54, 1.807) is 12.3 Å². The van der Waals surface area contributed by atoms with E-state index in [9.17, 15) is 9.90 Å². The molecule has 3 rings (SSSR count). The SMILES string of the molecule is O=C(c1ccnnc1)N1CCCC1C1CCCC1O. The Hall–Kier alpha value is -1.49. The molecule has 2 heterocycles. The molecule has 3 atom stereocenters. The number of aliphatic hydroxyl groups excluding tert-OH is 1. The summed E-state index contributed by atoms with van der Waals surface area (Å²) in [5.41, 5.74) is 0.592. The number of rotatable bonds is 2. The molecule has 1 aromatic rings. The molecule has 0 bridgehead atoms. The smallest absolute Gasteiger partial charge is 0.255 e. The number of carbonyl (C=O) groups excluding carboxylic acids is 1. The molecule has 0 spiro atoms. The summed E-state index contributed by atoms with van der Waals surface area (Å²) >= 11 is 0. The van der Waals surface area contributed by atoms with Crippen molar-refractivity contribution >= 4 is 5.91 Å². The quantitative estimate of drug-likeness (QED) is 0.870. The largest absolute Gasteiger partial charge is 0.393 e. The minimum atomic E-state index is -0.242. The number of aliphatic hydroxyl groups is 1. The summed E-state index contributed by atoms with van der Waals surface area (Å²) in [5, 5.41) is 17.5. The van der Waals surface area contributed by atoms with Crippen molar-refractivity contribution in [1.29, 1.82) is 0 Å². The second-order valence-corrected chi connectivity index (χ2v) is 5.50. The first-order chi connectivity index (χ1) is 9.27. The summed E-state index contributed by atoms with van der Waals surface area (Å²) in [7, 11) is 0. The second-order valence-electron chi connectivity index (χ2n) is 5.50. The average Bonchev–Trinajstić information content (AvgIpc) is 3.07. The minimum absolute atomic E-state index is 0.0245. The van der Waals surface area contributed by atoms with Gasteiger partial charge in [-0.1, -0.05) is 6.42 Å². The predicted octanol–water partition coefficient (Wildman–Crippen LogP) is 1.24. The monoisotopic (exact) mass is 261 g/mol. The molecule has 0 radical (unpaired) electrons. The first-order valence-electron chi connectivity index (χ1n) is 7.03. The number of likely N-dealkylation sites (tertiary alicyclic amines) is 1. The Balaban J connectivity index is 1.78. The van der Waals surface area contributed by atoms with E-state index >= 15 is 0 Å². The Bertz CT molecular complexity index is 451. The van der Waals surface area contributed by atoms with Crippen molar-refractivity contribution in [1.82, 2.24) is 15.1 Å². The molecule has 1 saturated carbocycles. The Kier molecular flexibility index (Phi) is 3.46. The van der Waals surface area contributed by atoms with Gasteiger partial charge in [-0.25, -0.2) is 0 Å². The number of amides is 1. The van der Waals surface area contributed by atoms with Gasteiger partial charge in [0.25, 0.3) is 5.91 Å². The van der Waals surface area contributed by atoms with Gasteiger partial charge in [0.05, 0.1) is 24.1 Å². The normalized spacial score (nSPS) is 30.8. The first-order valence-corrected chi connectivity index (χ1v) is 7.03. The van der Waals surface area contributed by atoms with Crippen molar-refractivity contribution in [3.05, 3.63) is 24.0 Å². The molecule has 1 aromatic heterocycles. The van der Waals surface area contributed by atoms with E-state index in [0.29, 0.717) is 5.56 Å². The van der Waals surface area contributed by atoms with Gasteiger partial charge in [0.2, 0.25) is 0 Å². The van der Waals surface area contributed by atoms with Gasteiger partial charge in [0, 0.05) is 18.5 Å². The maximum atomic E-state index is 12.5. The molecule has 1 amide bonds. The van der Waals surface area contributed by atoms with Crippen LogP contribution in [0, 0.1) is 5.92 Å². The zero-order valence-electron chi connectivity index (χ0n) is 10.9. The molecule has 5 heteroatoms. The number of hydrogen-bond acceptors (Lipinski definition) is 4. The van der Waals surface area contributed by atoms with Crippen LogP contribution in [0.2, 0.25) is 0 Å². The third-order valence-electron chi connectivity index (χ3n) is 4.42. The lowest BCUT2D eigenvalue weighted by Gasteiger charge is -2.31. The molecular formula is C14H19N3O2. The van der Waals surface area contributed by atoms with E-state index in [0.717, 1.165) is 38.6 Å². The first kappa shape index (κ1) is 12.5. The summed E-state index contributed by atoms with van der Waals surface area (Å²) in [6, 6.07) is 1.90. The fourth-order valence-corrected chi connectivity index (χ4v) is 3.49. The Morgan fingerprint density at radius 2 is 2.16 bits per heavy atom. The summed E-state index contributed by atoms with van der Waals surface area (Å²) < 4.78 is 0. The van der Waals surface area contributed by atoms with Crippen LogP contribution < -0.4 is 0 Å². The lowest BCUT2D eigenvalue weighted by Crippen LogP contribution is -2.42. The molecule has 1 N–H and O–H groups in total. The molecule has 1 saturated heterocycles. The number of hydrogen-bond donors (Lipinski definition) is 1. The maximum Gasteiger partial charge on any atom is 0.255 e. The molecule has 2 aliphatic rings. The van der Waals surface area contributed by atoms with Crippen molar-refractivity contribution in [3.63, 3.8) is 0 Å². The fourth-order valence-electron chi connectivity index (χ4n) is 3.49. The van der Waals surface area contributed by atoms with Crippen LogP contribution >= 0.6 is 0 Å². The molecule has 2 fully saturated rings. The van der Waals surface area contributed by atoms with Crippen LogP contribution in [0.25, 0.3) is 0 Å². The number of aromatic nitrogens is 2. The minimum Gasteiger partial charge on any atom is -0.393 e. The van der Waals surface area contributed by atoms with E-state index in [1.807, 2.05) is 4.90 Å². The van der Waals surface area contributed by atoms with Gasteiger partial charge in [-0.3, -0.25) is 4.79 Å². The van der Waals surface area contributed by atoms with Gasteiger partial charge in [-0.05, 0) is 31.7 Å². The molecule has 3 unspecified atom stereocenters. The molecular weight excluding hydrogens is 242 g/mol. The van der Waals surface area contributed by atoms with Crippen LogP contribution in [0.5, 0.6) is 0 Å². The van der Waals surface area contributed by atoms with Gasteiger partial charge >= 0.3 is 0 Å². The average molecular weight is 261 g/mol. The van der Waals surface area contributed by atoms with Crippen LogP contribution in [-0.4, -0.2) is 44.8 Å². The third-order valence-corrected chi connectivity index (χ3v) is 4.42.